The van der Waals surface area contributed by atoms with Crippen LogP contribution in [0.4, 0.5) is 0 Å². The van der Waals surface area contributed by atoms with Gasteiger partial charge >= 0.3 is 0 Å². The molecule has 1 fully saturated rings. The van der Waals surface area contributed by atoms with Crippen LogP contribution in [0.25, 0.3) is 0 Å². The van der Waals surface area contributed by atoms with E-state index in [1.165, 1.54) is 6.92 Å². The summed E-state index contributed by atoms with van der Waals surface area (Å²) in [6.07, 6.45) is 0.452. The highest BCUT2D eigenvalue weighted by atomic mass is 16.5. The van der Waals surface area contributed by atoms with E-state index >= 15 is 0 Å². The molecular formula is C17H25N3O3. The lowest BCUT2D eigenvalue weighted by molar-refractivity contribution is -0.137. The highest BCUT2D eigenvalue weighted by Gasteiger charge is 2.28. The normalized spacial score (nSPS) is 19.1. The average molecular weight is 319 g/mol. The van der Waals surface area contributed by atoms with Crippen molar-refractivity contribution in [2.45, 2.75) is 32.4 Å². The zero-order valence-corrected chi connectivity index (χ0v) is 14.0. The summed E-state index contributed by atoms with van der Waals surface area (Å²) in [5.74, 6) is 0.512. The maximum absolute atomic E-state index is 12.8. The topological polar surface area (TPSA) is 70.7 Å². The van der Waals surface area contributed by atoms with Crippen molar-refractivity contribution < 1.29 is 14.3 Å². The molecular weight excluding hydrogens is 294 g/mol. The van der Waals surface area contributed by atoms with Crippen LogP contribution in [-0.4, -0.2) is 55.5 Å². The molecule has 2 amide bonds. The lowest BCUT2D eigenvalue weighted by Gasteiger charge is -2.34. The van der Waals surface area contributed by atoms with Crippen LogP contribution in [0.3, 0.4) is 0 Å². The number of rotatable bonds is 5. The molecule has 6 nitrogen and oxygen atoms in total. The molecule has 0 aliphatic carbocycles. The van der Waals surface area contributed by atoms with Gasteiger partial charge in [0.1, 0.15) is 11.8 Å². The summed E-state index contributed by atoms with van der Waals surface area (Å²) < 4.78 is 5.22. The lowest BCUT2D eigenvalue weighted by Crippen LogP contribution is -2.57. The number of nitrogens with one attached hydrogen (secondary N) is 2. The van der Waals surface area contributed by atoms with Gasteiger partial charge in [0.05, 0.1) is 7.11 Å². The molecule has 2 atom stereocenters. The number of piperazine rings is 1. The van der Waals surface area contributed by atoms with Crippen molar-refractivity contribution in [1.29, 1.82) is 0 Å². The first-order valence-electron chi connectivity index (χ1n) is 7.92. The van der Waals surface area contributed by atoms with Gasteiger partial charge in [0.15, 0.2) is 0 Å². The average Bonchev–Trinajstić information content (AvgIpc) is 2.53. The van der Waals surface area contributed by atoms with Crippen molar-refractivity contribution >= 4 is 11.8 Å². The summed E-state index contributed by atoms with van der Waals surface area (Å²) in [6.45, 7) is 5.59. The van der Waals surface area contributed by atoms with E-state index in [1.54, 1.807) is 7.11 Å². The molecule has 0 spiro atoms. The Morgan fingerprint density at radius 2 is 2.26 bits per heavy atom. The van der Waals surface area contributed by atoms with Crippen LogP contribution in [0.5, 0.6) is 5.75 Å². The van der Waals surface area contributed by atoms with Crippen LogP contribution in [0, 0.1) is 0 Å². The SMILES string of the molecule is COc1cccc(C[C@H](NC(C)=O)C(=O)N2CCN[C@H](C)C2)c1. The fourth-order valence-corrected chi connectivity index (χ4v) is 2.83. The van der Waals surface area contributed by atoms with Gasteiger partial charge in [-0.25, -0.2) is 0 Å². The Labute approximate surface area is 137 Å². The first-order chi connectivity index (χ1) is 11.0. The smallest absolute Gasteiger partial charge is 0.245 e. The van der Waals surface area contributed by atoms with Crippen LogP contribution < -0.4 is 15.4 Å². The summed E-state index contributed by atoms with van der Waals surface area (Å²) in [5.41, 5.74) is 0.958. The monoisotopic (exact) mass is 319 g/mol. The standard InChI is InChI=1S/C17H25N3O3/c1-12-11-20(8-7-18-12)17(22)16(19-13(2)21)10-14-5-4-6-15(9-14)23-3/h4-6,9,12,16,18H,7-8,10-11H2,1-3H3,(H,19,21)/t12-,16+/m1/s1. The molecule has 0 aromatic heterocycles. The van der Waals surface area contributed by atoms with Crippen LogP contribution >= 0.6 is 0 Å². The summed E-state index contributed by atoms with van der Waals surface area (Å²) in [5, 5.41) is 6.10. The summed E-state index contributed by atoms with van der Waals surface area (Å²) in [6, 6.07) is 7.29. The fourth-order valence-electron chi connectivity index (χ4n) is 2.83. The van der Waals surface area contributed by atoms with E-state index in [4.69, 9.17) is 4.74 Å². The van der Waals surface area contributed by atoms with E-state index in [9.17, 15) is 9.59 Å². The minimum atomic E-state index is -0.551. The Hall–Kier alpha value is -2.08. The Morgan fingerprint density at radius 1 is 1.48 bits per heavy atom. The molecule has 0 radical (unpaired) electrons. The highest BCUT2D eigenvalue weighted by Crippen LogP contribution is 2.15. The summed E-state index contributed by atoms with van der Waals surface area (Å²) in [7, 11) is 1.61. The van der Waals surface area contributed by atoms with Gasteiger partial charge in [0, 0.05) is 39.0 Å². The Bertz CT molecular complexity index is 562. The van der Waals surface area contributed by atoms with Gasteiger partial charge in [-0.3, -0.25) is 9.59 Å². The van der Waals surface area contributed by atoms with Gasteiger partial charge in [0.25, 0.3) is 0 Å². The quantitative estimate of drug-likeness (QED) is 0.832. The molecule has 1 heterocycles. The van der Waals surface area contributed by atoms with Crippen molar-refractivity contribution in [3.63, 3.8) is 0 Å². The summed E-state index contributed by atoms with van der Waals surface area (Å²) >= 11 is 0. The first-order valence-corrected chi connectivity index (χ1v) is 7.92. The fraction of sp³-hybridized carbons (Fsp3) is 0.529. The number of ether oxygens (including phenoxy) is 1. The Morgan fingerprint density at radius 3 is 2.91 bits per heavy atom. The highest BCUT2D eigenvalue weighted by molar-refractivity contribution is 5.87. The van der Waals surface area contributed by atoms with Gasteiger partial charge in [-0.05, 0) is 24.6 Å². The van der Waals surface area contributed by atoms with Gasteiger partial charge in [-0.15, -0.1) is 0 Å². The third-order valence-electron chi connectivity index (χ3n) is 3.93. The Balaban J connectivity index is 2.12. The third-order valence-corrected chi connectivity index (χ3v) is 3.93. The number of nitrogens with zero attached hydrogens (tertiary/aromatic N) is 1. The van der Waals surface area contributed by atoms with Crippen LogP contribution in [0.15, 0.2) is 24.3 Å². The zero-order valence-electron chi connectivity index (χ0n) is 14.0. The third kappa shape index (κ3) is 4.96. The van der Waals surface area contributed by atoms with E-state index in [2.05, 4.69) is 17.6 Å². The maximum Gasteiger partial charge on any atom is 0.245 e. The molecule has 1 aliphatic rings. The largest absolute Gasteiger partial charge is 0.497 e. The molecule has 1 aromatic carbocycles. The van der Waals surface area contributed by atoms with Gasteiger partial charge < -0.3 is 20.3 Å². The number of hydrogen-bond donors (Lipinski definition) is 2. The van der Waals surface area contributed by atoms with Crippen LogP contribution in [-0.2, 0) is 16.0 Å². The molecule has 23 heavy (non-hydrogen) atoms. The van der Waals surface area contributed by atoms with Gasteiger partial charge in [0.2, 0.25) is 11.8 Å². The van der Waals surface area contributed by atoms with Crippen molar-refractivity contribution in [2.24, 2.45) is 0 Å². The van der Waals surface area contributed by atoms with Crippen molar-refractivity contribution in [3.8, 4) is 5.75 Å². The molecule has 1 saturated heterocycles. The minimum Gasteiger partial charge on any atom is -0.497 e. The van der Waals surface area contributed by atoms with E-state index in [0.29, 0.717) is 19.5 Å². The molecule has 0 saturated carbocycles. The lowest BCUT2D eigenvalue weighted by atomic mass is 10.0. The molecule has 2 N–H and O–H groups in total. The molecule has 6 heteroatoms. The van der Waals surface area contributed by atoms with E-state index in [-0.39, 0.29) is 17.9 Å². The number of benzene rings is 1. The first kappa shape index (κ1) is 17.3. The molecule has 2 rings (SSSR count). The van der Waals surface area contributed by atoms with E-state index in [0.717, 1.165) is 17.9 Å². The van der Waals surface area contributed by atoms with Crippen LogP contribution in [0.1, 0.15) is 19.4 Å². The van der Waals surface area contributed by atoms with Crippen molar-refractivity contribution in [3.05, 3.63) is 29.8 Å². The Kier molecular flexibility index (Phi) is 5.98. The number of carbonyl (C=O) groups excluding carboxylic acids is 2. The second-order valence-electron chi connectivity index (χ2n) is 5.95. The second-order valence-corrected chi connectivity index (χ2v) is 5.95. The maximum atomic E-state index is 12.8. The molecule has 0 bridgehead atoms. The van der Waals surface area contributed by atoms with Crippen LogP contribution in [0.2, 0.25) is 0 Å². The molecule has 0 unspecified atom stereocenters. The molecule has 126 valence electrons. The van der Waals surface area contributed by atoms with Crippen molar-refractivity contribution in [2.75, 3.05) is 26.7 Å². The summed E-state index contributed by atoms with van der Waals surface area (Å²) in [4.78, 5) is 26.1. The number of carbonyl (C=O) groups is 2. The predicted octanol–water partition coefficient (Wildman–Crippen LogP) is 0.563. The second kappa shape index (κ2) is 7.97. The predicted molar refractivity (Wildman–Crippen MR) is 88.3 cm³/mol. The molecule has 1 aliphatic heterocycles. The zero-order chi connectivity index (χ0) is 16.8. The van der Waals surface area contributed by atoms with Crippen molar-refractivity contribution in [1.82, 2.24) is 15.5 Å². The van der Waals surface area contributed by atoms with Gasteiger partial charge in [-0.2, -0.15) is 0 Å². The van der Waals surface area contributed by atoms with Gasteiger partial charge in [-0.1, -0.05) is 12.1 Å². The minimum absolute atomic E-state index is 0.0311. The number of methoxy groups -OCH3 is 1. The van der Waals surface area contributed by atoms with E-state index in [1.807, 2.05) is 29.2 Å². The number of hydrogen-bond acceptors (Lipinski definition) is 4. The molecule has 1 aromatic rings. The number of amides is 2. The van der Waals surface area contributed by atoms with E-state index < -0.39 is 6.04 Å².